The fourth-order valence-corrected chi connectivity index (χ4v) is 2.95. The third-order valence-corrected chi connectivity index (χ3v) is 4.08. The van der Waals surface area contributed by atoms with E-state index in [1.54, 1.807) is 6.07 Å². The molecule has 96 valence electrons. The molecular formula is C15H19FN2. The third kappa shape index (κ3) is 2.03. The second-order valence-electron chi connectivity index (χ2n) is 5.09. The van der Waals surface area contributed by atoms with E-state index in [9.17, 15) is 4.39 Å². The Morgan fingerprint density at radius 3 is 2.72 bits per heavy atom. The van der Waals surface area contributed by atoms with Gasteiger partial charge in [0.1, 0.15) is 5.82 Å². The van der Waals surface area contributed by atoms with Gasteiger partial charge in [-0.15, -0.1) is 0 Å². The molecule has 0 radical (unpaired) electrons. The lowest BCUT2D eigenvalue weighted by molar-refractivity contribution is 0.197. The molecule has 0 amide bonds. The molecule has 1 aliphatic rings. The van der Waals surface area contributed by atoms with Crippen LogP contribution in [-0.4, -0.2) is 29.1 Å². The van der Waals surface area contributed by atoms with Gasteiger partial charge in [0, 0.05) is 25.3 Å². The van der Waals surface area contributed by atoms with Crippen molar-refractivity contribution in [3.8, 4) is 0 Å². The lowest BCUT2D eigenvalue weighted by Crippen LogP contribution is -2.34. The van der Waals surface area contributed by atoms with Crippen molar-refractivity contribution in [3.63, 3.8) is 0 Å². The van der Waals surface area contributed by atoms with Crippen LogP contribution < -0.4 is 0 Å². The molecule has 1 aromatic heterocycles. The number of aromatic nitrogens is 1. The smallest absolute Gasteiger partial charge is 0.125 e. The largest absolute Gasteiger partial charge is 0.344 e. The predicted molar refractivity (Wildman–Crippen MR) is 72.3 cm³/mol. The first kappa shape index (κ1) is 11.7. The lowest BCUT2D eigenvalue weighted by atomic mass is 10.0. The molecule has 2 heterocycles. The minimum atomic E-state index is -0.145. The van der Waals surface area contributed by atoms with E-state index in [-0.39, 0.29) is 5.82 Å². The van der Waals surface area contributed by atoms with Crippen LogP contribution in [0.4, 0.5) is 4.39 Å². The van der Waals surface area contributed by atoms with Crippen molar-refractivity contribution in [1.82, 2.24) is 9.47 Å². The number of benzene rings is 1. The Balaban J connectivity index is 1.88. The van der Waals surface area contributed by atoms with Gasteiger partial charge in [-0.2, -0.15) is 0 Å². The van der Waals surface area contributed by atoms with Gasteiger partial charge in [0.2, 0.25) is 0 Å². The van der Waals surface area contributed by atoms with Gasteiger partial charge in [-0.1, -0.05) is 6.92 Å². The summed E-state index contributed by atoms with van der Waals surface area (Å²) in [7, 11) is 0. The number of hydrogen-bond acceptors (Lipinski definition) is 1. The number of nitrogens with zero attached hydrogens (tertiary/aromatic N) is 2. The van der Waals surface area contributed by atoms with Crippen molar-refractivity contribution in [2.24, 2.45) is 0 Å². The molecule has 3 heteroatoms. The summed E-state index contributed by atoms with van der Waals surface area (Å²) in [6.07, 6.45) is 4.43. The molecule has 1 saturated heterocycles. The molecule has 0 spiro atoms. The van der Waals surface area contributed by atoms with Crippen LogP contribution in [0, 0.1) is 5.82 Å². The van der Waals surface area contributed by atoms with E-state index in [1.165, 1.54) is 6.07 Å². The standard InChI is InChI=1S/C15H19FN2/c1-2-17-8-6-14(7-9-17)18-10-5-12-3-4-13(16)11-15(12)18/h3-5,10-11,14H,2,6-9H2,1H3. The highest BCUT2D eigenvalue weighted by Gasteiger charge is 2.20. The minimum absolute atomic E-state index is 0.145. The van der Waals surface area contributed by atoms with Gasteiger partial charge >= 0.3 is 0 Å². The molecular weight excluding hydrogens is 227 g/mol. The highest BCUT2D eigenvalue weighted by atomic mass is 19.1. The topological polar surface area (TPSA) is 8.17 Å². The van der Waals surface area contributed by atoms with Gasteiger partial charge < -0.3 is 9.47 Å². The van der Waals surface area contributed by atoms with Gasteiger partial charge in [0.15, 0.2) is 0 Å². The SMILES string of the molecule is CCN1CCC(n2ccc3ccc(F)cc32)CC1. The van der Waals surface area contributed by atoms with Crippen molar-refractivity contribution in [3.05, 3.63) is 36.3 Å². The molecule has 0 N–H and O–H groups in total. The number of piperidine rings is 1. The van der Waals surface area contributed by atoms with Gasteiger partial charge in [-0.3, -0.25) is 0 Å². The van der Waals surface area contributed by atoms with Crippen molar-refractivity contribution in [1.29, 1.82) is 0 Å². The normalized spacial score (nSPS) is 18.6. The van der Waals surface area contributed by atoms with Gasteiger partial charge in [-0.05, 0) is 49.0 Å². The Morgan fingerprint density at radius 1 is 1.22 bits per heavy atom. The first-order valence-corrected chi connectivity index (χ1v) is 6.76. The zero-order valence-corrected chi connectivity index (χ0v) is 10.8. The van der Waals surface area contributed by atoms with E-state index >= 15 is 0 Å². The fraction of sp³-hybridized carbons (Fsp3) is 0.467. The summed E-state index contributed by atoms with van der Waals surface area (Å²) < 4.78 is 15.6. The molecule has 3 rings (SSSR count). The molecule has 0 aliphatic carbocycles. The van der Waals surface area contributed by atoms with Crippen LogP contribution in [-0.2, 0) is 0 Å². The molecule has 0 bridgehead atoms. The summed E-state index contributed by atoms with van der Waals surface area (Å²) >= 11 is 0. The zero-order chi connectivity index (χ0) is 12.5. The predicted octanol–water partition coefficient (Wildman–Crippen LogP) is 3.44. The zero-order valence-electron chi connectivity index (χ0n) is 10.8. The van der Waals surface area contributed by atoms with Gasteiger partial charge in [0.05, 0.1) is 5.52 Å². The Kier molecular flexibility index (Phi) is 3.08. The Morgan fingerprint density at radius 2 is 2.00 bits per heavy atom. The van der Waals surface area contributed by atoms with Crippen LogP contribution in [0.1, 0.15) is 25.8 Å². The second kappa shape index (κ2) is 4.73. The van der Waals surface area contributed by atoms with E-state index in [4.69, 9.17) is 0 Å². The van der Waals surface area contributed by atoms with Gasteiger partial charge in [-0.25, -0.2) is 4.39 Å². The van der Waals surface area contributed by atoms with E-state index in [0.29, 0.717) is 6.04 Å². The maximum atomic E-state index is 13.4. The first-order valence-electron chi connectivity index (χ1n) is 6.76. The maximum absolute atomic E-state index is 13.4. The molecule has 0 unspecified atom stereocenters. The summed E-state index contributed by atoms with van der Waals surface area (Å²) in [6, 6.07) is 7.66. The summed E-state index contributed by atoms with van der Waals surface area (Å²) in [5.74, 6) is -0.145. The number of halogens is 1. The Labute approximate surface area is 107 Å². The number of hydrogen-bond donors (Lipinski definition) is 0. The quantitative estimate of drug-likeness (QED) is 0.788. The van der Waals surface area contributed by atoms with Crippen LogP contribution in [0.15, 0.2) is 30.5 Å². The molecule has 2 nitrogen and oxygen atoms in total. The van der Waals surface area contributed by atoms with E-state index in [2.05, 4.69) is 28.7 Å². The van der Waals surface area contributed by atoms with Crippen molar-refractivity contribution in [2.45, 2.75) is 25.8 Å². The van der Waals surface area contributed by atoms with E-state index in [0.717, 1.165) is 43.4 Å². The summed E-state index contributed by atoms with van der Waals surface area (Å²) in [5, 5.41) is 1.13. The monoisotopic (exact) mass is 246 g/mol. The minimum Gasteiger partial charge on any atom is -0.344 e. The lowest BCUT2D eigenvalue weighted by Gasteiger charge is -2.32. The molecule has 1 aliphatic heterocycles. The summed E-state index contributed by atoms with van der Waals surface area (Å²) in [4.78, 5) is 2.47. The van der Waals surface area contributed by atoms with Crippen LogP contribution in [0.5, 0.6) is 0 Å². The second-order valence-corrected chi connectivity index (χ2v) is 5.09. The van der Waals surface area contributed by atoms with Crippen LogP contribution >= 0.6 is 0 Å². The van der Waals surface area contributed by atoms with Crippen molar-refractivity contribution in [2.75, 3.05) is 19.6 Å². The van der Waals surface area contributed by atoms with Gasteiger partial charge in [0.25, 0.3) is 0 Å². The van der Waals surface area contributed by atoms with Crippen LogP contribution in [0.25, 0.3) is 10.9 Å². The van der Waals surface area contributed by atoms with Crippen molar-refractivity contribution < 1.29 is 4.39 Å². The average Bonchev–Trinajstić information content (AvgIpc) is 2.82. The first-order chi connectivity index (χ1) is 8.78. The highest BCUT2D eigenvalue weighted by Crippen LogP contribution is 2.28. The van der Waals surface area contributed by atoms with E-state index in [1.807, 2.05) is 6.07 Å². The third-order valence-electron chi connectivity index (χ3n) is 4.08. The number of rotatable bonds is 2. The molecule has 2 aromatic rings. The summed E-state index contributed by atoms with van der Waals surface area (Å²) in [5.41, 5.74) is 1.03. The molecule has 0 atom stereocenters. The Bertz CT molecular complexity index is 538. The van der Waals surface area contributed by atoms with E-state index < -0.39 is 0 Å². The molecule has 0 saturated carbocycles. The average molecular weight is 246 g/mol. The molecule has 1 aromatic carbocycles. The van der Waals surface area contributed by atoms with Crippen LogP contribution in [0.2, 0.25) is 0 Å². The number of fused-ring (bicyclic) bond motifs is 1. The number of likely N-dealkylation sites (tertiary alicyclic amines) is 1. The summed E-state index contributed by atoms with van der Waals surface area (Å²) in [6.45, 7) is 5.64. The molecule has 18 heavy (non-hydrogen) atoms. The maximum Gasteiger partial charge on any atom is 0.125 e. The molecule has 1 fully saturated rings. The fourth-order valence-electron chi connectivity index (χ4n) is 2.95. The van der Waals surface area contributed by atoms with Crippen LogP contribution in [0.3, 0.4) is 0 Å². The van der Waals surface area contributed by atoms with Crippen molar-refractivity contribution >= 4 is 10.9 Å². The Hall–Kier alpha value is -1.35. The highest BCUT2D eigenvalue weighted by molar-refractivity contribution is 5.80.